The Kier molecular flexibility index (Phi) is 5.18. The molecule has 0 amide bonds. The molecule has 0 unspecified atom stereocenters. The quantitative estimate of drug-likeness (QED) is 0.681. The fraction of sp³-hybridized carbons (Fsp3) is 0.800. The van der Waals surface area contributed by atoms with Gasteiger partial charge in [0.15, 0.2) is 0 Å². The first-order valence-corrected chi connectivity index (χ1v) is 4.72. The van der Waals surface area contributed by atoms with Crippen LogP contribution in [0.15, 0.2) is 11.9 Å². The highest BCUT2D eigenvalue weighted by Gasteiger charge is 2.35. The molecule has 0 aromatic carbocycles. The van der Waals surface area contributed by atoms with E-state index in [1.54, 1.807) is 0 Å². The molecule has 1 atom stereocenters. The third kappa shape index (κ3) is 2.78. The molecule has 1 saturated heterocycles. The van der Waals surface area contributed by atoms with Crippen molar-refractivity contribution >= 4 is 0 Å². The highest BCUT2D eigenvalue weighted by atomic mass is 19.1. The Bertz CT molecular complexity index is 182. The van der Waals surface area contributed by atoms with Gasteiger partial charge in [0.05, 0.1) is 12.9 Å². The van der Waals surface area contributed by atoms with E-state index >= 15 is 0 Å². The first-order valence-electron chi connectivity index (χ1n) is 4.72. The third-order valence-corrected chi connectivity index (χ3v) is 2.46. The Labute approximate surface area is 80.1 Å². The van der Waals surface area contributed by atoms with Gasteiger partial charge in [0.2, 0.25) is 0 Å². The summed E-state index contributed by atoms with van der Waals surface area (Å²) in [6.07, 6.45) is 1.29. The summed E-state index contributed by atoms with van der Waals surface area (Å²) in [5.41, 5.74) is 0.516. The Hall–Kier alpha value is -0.410. The predicted molar refractivity (Wildman–Crippen MR) is 53.3 cm³/mol. The van der Waals surface area contributed by atoms with Crippen LogP contribution in [0, 0.1) is 0 Å². The van der Waals surface area contributed by atoms with E-state index in [0.717, 1.165) is 5.57 Å². The molecule has 0 bridgehead atoms. The van der Waals surface area contributed by atoms with Crippen LogP contribution in [-0.4, -0.2) is 35.7 Å². The van der Waals surface area contributed by atoms with Crippen LogP contribution in [-0.2, 0) is 0 Å². The Morgan fingerprint density at radius 1 is 1.62 bits per heavy atom. The van der Waals surface area contributed by atoms with E-state index in [1.807, 2.05) is 32.7 Å². The lowest BCUT2D eigenvalue weighted by molar-refractivity contribution is 0.100. The number of hydrogen-bond donors (Lipinski definition) is 1. The van der Waals surface area contributed by atoms with Gasteiger partial charge >= 0.3 is 0 Å². The van der Waals surface area contributed by atoms with Gasteiger partial charge in [-0.25, -0.2) is 4.39 Å². The summed E-state index contributed by atoms with van der Waals surface area (Å²) in [6, 6.07) is 0. The Balaban J connectivity index is 0.000000671. The zero-order valence-electron chi connectivity index (χ0n) is 8.97. The van der Waals surface area contributed by atoms with Crippen LogP contribution in [0.4, 0.5) is 4.39 Å². The fourth-order valence-electron chi connectivity index (χ4n) is 1.43. The molecule has 1 aliphatic rings. The number of hydrogen-bond acceptors (Lipinski definition) is 2. The standard InChI is InChI=1S/C8H14FNO.C2H6/c1-8(6-11)3-7(4-9)5-10(8)2;1-2/h4,11H,3,5-6H2,1-2H3;1-2H3/b7-4+;/t8-;/m0./s1. The summed E-state index contributed by atoms with van der Waals surface area (Å²) in [6.45, 7) is 6.65. The van der Waals surface area contributed by atoms with Crippen molar-refractivity contribution in [1.29, 1.82) is 0 Å². The fourth-order valence-corrected chi connectivity index (χ4v) is 1.43. The molecule has 78 valence electrons. The van der Waals surface area contributed by atoms with E-state index < -0.39 is 0 Å². The lowest BCUT2D eigenvalue weighted by atomic mass is 9.99. The molecular weight excluding hydrogens is 169 g/mol. The van der Waals surface area contributed by atoms with E-state index in [0.29, 0.717) is 19.3 Å². The van der Waals surface area contributed by atoms with Crippen molar-refractivity contribution < 1.29 is 9.50 Å². The highest BCUT2D eigenvalue weighted by Crippen LogP contribution is 2.30. The molecule has 1 heterocycles. The maximum absolute atomic E-state index is 12.1. The molecule has 0 radical (unpaired) electrons. The van der Waals surface area contributed by atoms with Gasteiger partial charge in [-0.1, -0.05) is 13.8 Å². The average molecular weight is 189 g/mol. The normalized spacial score (nSPS) is 31.7. The molecule has 1 aliphatic heterocycles. The van der Waals surface area contributed by atoms with Gasteiger partial charge in [-0.2, -0.15) is 0 Å². The van der Waals surface area contributed by atoms with Gasteiger partial charge in [-0.3, -0.25) is 4.90 Å². The molecule has 0 aliphatic carbocycles. The van der Waals surface area contributed by atoms with Crippen LogP contribution in [0.2, 0.25) is 0 Å². The van der Waals surface area contributed by atoms with E-state index in [2.05, 4.69) is 0 Å². The second kappa shape index (κ2) is 5.35. The minimum atomic E-state index is -0.252. The third-order valence-electron chi connectivity index (χ3n) is 2.46. The first-order chi connectivity index (χ1) is 6.12. The van der Waals surface area contributed by atoms with Gasteiger partial charge in [-0.15, -0.1) is 0 Å². The Morgan fingerprint density at radius 2 is 2.15 bits per heavy atom. The molecule has 0 spiro atoms. The van der Waals surface area contributed by atoms with Crippen molar-refractivity contribution in [1.82, 2.24) is 4.90 Å². The maximum Gasteiger partial charge on any atom is 0.0872 e. The minimum absolute atomic E-state index is 0.0842. The summed E-state index contributed by atoms with van der Waals surface area (Å²) in [5, 5.41) is 9.02. The summed E-state index contributed by atoms with van der Waals surface area (Å²) >= 11 is 0. The number of rotatable bonds is 1. The second-order valence-corrected chi connectivity index (χ2v) is 3.46. The molecule has 0 saturated carbocycles. The van der Waals surface area contributed by atoms with Crippen LogP contribution in [0.5, 0.6) is 0 Å². The van der Waals surface area contributed by atoms with Gasteiger partial charge in [0.1, 0.15) is 0 Å². The molecular formula is C10H20FNO. The van der Waals surface area contributed by atoms with E-state index in [-0.39, 0.29) is 12.1 Å². The van der Waals surface area contributed by atoms with Crippen molar-refractivity contribution in [3.63, 3.8) is 0 Å². The predicted octanol–water partition coefficient (Wildman–Crippen LogP) is 1.95. The second-order valence-electron chi connectivity index (χ2n) is 3.46. The van der Waals surface area contributed by atoms with Gasteiger partial charge in [0.25, 0.3) is 0 Å². The number of halogens is 1. The summed E-state index contributed by atoms with van der Waals surface area (Å²) in [7, 11) is 1.90. The number of likely N-dealkylation sites (N-methyl/N-ethyl adjacent to an activating group) is 1. The topological polar surface area (TPSA) is 23.5 Å². The summed E-state index contributed by atoms with van der Waals surface area (Å²) in [4.78, 5) is 1.97. The monoisotopic (exact) mass is 189 g/mol. The average Bonchev–Trinajstić information content (AvgIpc) is 2.47. The zero-order chi connectivity index (χ0) is 10.5. The van der Waals surface area contributed by atoms with Crippen molar-refractivity contribution in [3.05, 3.63) is 11.9 Å². The van der Waals surface area contributed by atoms with Crippen molar-refractivity contribution in [2.45, 2.75) is 32.7 Å². The molecule has 1 fully saturated rings. The number of likely N-dealkylation sites (tertiary alicyclic amines) is 1. The van der Waals surface area contributed by atoms with Crippen LogP contribution in [0.1, 0.15) is 27.2 Å². The molecule has 0 aromatic rings. The van der Waals surface area contributed by atoms with Gasteiger partial charge in [0, 0.05) is 12.1 Å². The van der Waals surface area contributed by atoms with E-state index in [4.69, 9.17) is 5.11 Å². The van der Waals surface area contributed by atoms with E-state index in [1.165, 1.54) is 0 Å². The zero-order valence-corrected chi connectivity index (χ0v) is 8.97. The SMILES string of the molecule is CC.CN1C/C(=C/F)C[C@@]1(C)CO. The van der Waals surface area contributed by atoms with Crippen molar-refractivity contribution in [3.8, 4) is 0 Å². The summed E-state index contributed by atoms with van der Waals surface area (Å²) in [5.74, 6) is 0. The molecule has 3 heteroatoms. The number of aliphatic hydroxyl groups excluding tert-OH is 1. The van der Waals surface area contributed by atoms with Crippen LogP contribution >= 0.6 is 0 Å². The number of aliphatic hydroxyl groups is 1. The highest BCUT2D eigenvalue weighted by molar-refractivity contribution is 5.14. The first kappa shape index (κ1) is 12.6. The smallest absolute Gasteiger partial charge is 0.0872 e. The van der Waals surface area contributed by atoms with Crippen LogP contribution < -0.4 is 0 Å². The minimum Gasteiger partial charge on any atom is -0.394 e. The van der Waals surface area contributed by atoms with Gasteiger partial charge in [-0.05, 0) is 26.0 Å². The van der Waals surface area contributed by atoms with Crippen LogP contribution in [0.25, 0.3) is 0 Å². The lowest BCUT2D eigenvalue weighted by Gasteiger charge is -2.28. The molecule has 2 nitrogen and oxygen atoms in total. The van der Waals surface area contributed by atoms with Crippen molar-refractivity contribution in [2.24, 2.45) is 0 Å². The molecule has 13 heavy (non-hydrogen) atoms. The molecule has 1 N–H and O–H groups in total. The van der Waals surface area contributed by atoms with E-state index in [9.17, 15) is 4.39 Å². The maximum atomic E-state index is 12.1. The van der Waals surface area contributed by atoms with Crippen molar-refractivity contribution in [2.75, 3.05) is 20.2 Å². The molecule has 0 aromatic heterocycles. The largest absolute Gasteiger partial charge is 0.394 e. The summed E-state index contributed by atoms with van der Waals surface area (Å²) < 4.78 is 12.1. The molecule has 1 rings (SSSR count). The van der Waals surface area contributed by atoms with Crippen LogP contribution in [0.3, 0.4) is 0 Å². The van der Waals surface area contributed by atoms with Gasteiger partial charge < -0.3 is 5.11 Å². The lowest BCUT2D eigenvalue weighted by Crippen LogP contribution is -2.41. The number of nitrogens with zero attached hydrogens (tertiary/aromatic N) is 1. The Morgan fingerprint density at radius 3 is 2.38 bits per heavy atom.